The number of nitrogen functional groups attached to an aromatic ring is 1. The van der Waals surface area contributed by atoms with Crippen molar-refractivity contribution in [1.82, 2.24) is 15.1 Å². The van der Waals surface area contributed by atoms with Gasteiger partial charge in [0.05, 0.1) is 5.69 Å². The minimum Gasteiger partial charge on any atom is -0.396 e. The Morgan fingerprint density at radius 2 is 2.16 bits per heavy atom. The van der Waals surface area contributed by atoms with Crippen molar-refractivity contribution in [1.29, 1.82) is 0 Å². The van der Waals surface area contributed by atoms with Gasteiger partial charge in [0.25, 0.3) is 5.91 Å². The lowest BCUT2D eigenvalue weighted by molar-refractivity contribution is 0.0916. The standard InChI is InChI=1S/C14H24N4O/c1-3-4-10-5-7-11(8-6-10)16-14(19)13-12(15)9-18(2)17-13/h9-11H,3-8,15H2,1-2H3,(H,16,19). The van der Waals surface area contributed by atoms with E-state index in [1.54, 1.807) is 17.9 Å². The zero-order valence-corrected chi connectivity index (χ0v) is 11.9. The van der Waals surface area contributed by atoms with Gasteiger partial charge in [-0.25, -0.2) is 0 Å². The number of hydrogen-bond donors (Lipinski definition) is 2. The third-order valence-corrected chi connectivity index (χ3v) is 3.95. The van der Waals surface area contributed by atoms with Crippen molar-refractivity contribution >= 4 is 11.6 Å². The lowest BCUT2D eigenvalue weighted by atomic mass is 9.83. The minimum absolute atomic E-state index is 0.142. The Morgan fingerprint density at radius 1 is 1.47 bits per heavy atom. The molecular weight excluding hydrogens is 240 g/mol. The SMILES string of the molecule is CCCC1CCC(NC(=O)c2nn(C)cc2N)CC1. The summed E-state index contributed by atoms with van der Waals surface area (Å²) in [6, 6.07) is 0.280. The normalized spacial score (nSPS) is 23.3. The number of aromatic nitrogens is 2. The van der Waals surface area contributed by atoms with Crippen LogP contribution in [0, 0.1) is 5.92 Å². The molecule has 1 aromatic rings. The maximum atomic E-state index is 12.1. The number of anilines is 1. The van der Waals surface area contributed by atoms with Crippen molar-refractivity contribution in [3.8, 4) is 0 Å². The first kappa shape index (κ1) is 13.9. The fraction of sp³-hybridized carbons (Fsp3) is 0.714. The van der Waals surface area contributed by atoms with E-state index in [-0.39, 0.29) is 11.9 Å². The van der Waals surface area contributed by atoms with Gasteiger partial charge in [-0.15, -0.1) is 0 Å². The molecule has 0 spiro atoms. The Hall–Kier alpha value is -1.52. The van der Waals surface area contributed by atoms with Crippen LogP contribution >= 0.6 is 0 Å². The van der Waals surface area contributed by atoms with Gasteiger partial charge in [-0.05, 0) is 31.6 Å². The molecule has 0 radical (unpaired) electrons. The maximum absolute atomic E-state index is 12.1. The molecule has 5 nitrogen and oxygen atoms in total. The zero-order valence-electron chi connectivity index (χ0n) is 11.9. The zero-order chi connectivity index (χ0) is 13.8. The number of amides is 1. The van der Waals surface area contributed by atoms with Crippen molar-refractivity contribution in [2.45, 2.75) is 51.5 Å². The Bertz CT molecular complexity index is 433. The molecule has 1 aliphatic carbocycles. The molecule has 1 aliphatic rings. The lowest BCUT2D eigenvalue weighted by Crippen LogP contribution is -2.38. The molecule has 0 atom stereocenters. The lowest BCUT2D eigenvalue weighted by Gasteiger charge is -2.28. The summed E-state index contributed by atoms with van der Waals surface area (Å²) in [6.07, 6.45) is 8.81. The first-order valence-electron chi connectivity index (χ1n) is 7.20. The first-order valence-corrected chi connectivity index (χ1v) is 7.20. The van der Waals surface area contributed by atoms with E-state index >= 15 is 0 Å². The highest BCUT2D eigenvalue weighted by molar-refractivity contribution is 5.97. The van der Waals surface area contributed by atoms with Gasteiger partial charge in [-0.2, -0.15) is 5.10 Å². The highest BCUT2D eigenvalue weighted by Crippen LogP contribution is 2.27. The van der Waals surface area contributed by atoms with Gasteiger partial charge < -0.3 is 11.1 Å². The van der Waals surface area contributed by atoms with Crippen LogP contribution in [0.25, 0.3) is 0 Å². The second-order valence-corrected chi connectivity index (χ2v) is 5.59. The highest BCUT2D eigenvalue weighted by atomic mass is 16.2. The van der Waals surface area contributed by atoms with Crippen molar-refractivity contribution in [3.63, 3.8) is 0 Å². The van der Waals surface area contributed by atoms with Gasteiger partial charge in [0.2, 0.25) is 0 Å². The molecule has 19 heavy (non-hydrogen) atoms. The van der Waals surface area contributed by atoms with Crippen molar-refractivity contribution in [2.24, 2.45) is 13.0 Å². The third-order valence-electron chi connectivity index (χ3n) is 3.95. The predicted molar refractivity (Wildman–Crippen MR) is 75.7 cm³/mol. The smallest absolute Gasteiger partial charge is 0.274 e. The summed E-state index contributed by atoms with van der Waals surface area (Å²) in [5.41, 5.74) is 6.55. The van der Waals surface area contributed by atoms with Crippen LogP contribution in [0.15, 0.2) is 6.20 Å². The Balaban J connectivity index is 1.85. The van der Waals surface area contributed by atoms with Crippen LogP contribution < -0.4 is 11.1 Å². The first-order chi connectivity index (χ1) is 9.10. The van der Waals surface area contributed by atoms with Crippen molar-refractivity contribution in [3.05, 3.63) is 11.9 Å². The highest BCUT2D eigenvalue weighted by Gasteiger charge is 2.23. The van der Waals surface area contributed by atoms with Gasteiger partial charge in [0.1, 0.15) is 0 Å². The molecule has 3 N–H and O–H groups in total. The fourth-order valence-corrected chi connectivity index (χ4v) is 2.94. The maximum Gasteiger partial charge on any atom is 0.274 e. The number of aryl methyl sites for hydroxylation is 1. The van der Waals surface area contributed by atoms with Gasteiger partial charge in [0, 0.05) is 19.3 Å². The molecular formula is C14H24N4O. The molecule has 5 heteroatoms. The third kappa shape index (κ3) is 3.49. The summed E-state index contributed by atoms with van der Waals surface area (Å²) >= 11 is 0. The summed E-state index contributed by atoms with van der Waals surface area (Å²) in [6.45, 7) is 2.23. The van der Waals surface area contributed by atoms with Crippen LogP contribution in [0.3, 0.4) is 0 Å². The van der Waals surface area contributed by atoms with Crippen molar-refractivity contribution < 1.29 is 4.79 Å². The van der Waals surface area contributed by atoms with E-state index in [0.717, 1.165) is 18.8 Å². The number of nitrogens with two attached hydrogens (primary N) is 1. The van der Waals surface area contributed by atoms with E-state index in [2.05, 4.69) is 17.3 Å². The quantitative estimate of drug-likeness (QED) is 0.874. The largest absolute Gasteiger partial charge is 0.396 e. The molecule has 0 saturated heterocycles. The molecule has 1 fully saturated rings. The Labute approximate surface area is 114 Å². The molecule has 0 aromatic carbocycles. The van der Waals surface area contributed by atoms with Crippen LogP contribution in [0.1, 0.15) is 55.9 Å². The summed E-state index contributed by atoms with van der Waals surface area (Å²) in [5.74, 6) is 0.704. The molecule has 2 rings (SSSR count). The molecule has 1 aromatic heterocycles. The summed E-state index contributed by atoms with van der Waals surface area (Å²) in [4.78, 5) is 12.1. The van der Waals surface area contributed by atoms with E-state index in [0.29, 0.717) is 11.4 Å². The van der Waals surface area contributed by atoms with Crippen LogP contribution in [0.2, 0.25) is 0 Å². The Morgan fingerprint density at radius 3 is 2.68 bits per heavy atom. The van der Waals surface area contributed by atoms with Crippen LogP contribution in [-0.4, -0.2) is 21.7 Å². The second kappa shape index (κ2) is 6.08. The van der Waals surface area contributed by atoms with Gasteiger partial charge in [-0.3, -0.25) is 9.48 Å². The van der Waals surface area contributed by atoms with Gasteiger partial charge in [0.15, 0.2) is 5.69 Å². The monoisotopic (exact) mass is 264 g/mol. The Kier molecular flexibility index (Phi) is 4.45. The van der Waals surface area contributed by atoms with Crippen molar-refractivity contribution in [2.75, 3.05) is 5.73 Å². The molecule has 1 saturated carbocycles. The summed E-state index contributed by atoms with van der Waals surface area (Å²) in [5, 5.41) is 7.16. The minimum atomic E-state index is -0.142. The van der Waals surface area contributed by atoms with Gasteiger partial charge >= 0.3 is 0 Å². The number of nitrogens with zero attached hydrogens (tertiary/aromatic N) is 2. The van der Waals surface area contributed by atoms with Crippen LogP contribution in [0.4, 0.5) is 5.69 Å². The average molecular weight is 264 g/mol. The van der Waals surface area contributed by atoms with E-state index in [4.69, 9.17) is 5.73 Å². The molecule has 0 bridgehead atoms. The molecule has 0 aliphatic heterocycles. The number of hydrogen-bond acceptors (Lipinski definition) is 3. The number of carbonyl (C=O) groups excluding carboxylic acids is 1. The van der Waals surface area contributed by atoms with E-state index < -0.39 is 0 Å². The van der Waals surface area contributed by atoms with E-state index in [9.17, 15) is 4.79 Å². The molecule has 1 heterocycles. The van der Waals surface area contributed by atoms with Gasteiger partial charge in [-0.1, -0.05) is 19.8 Å². The van der Waals surface area contributed by atoms with Crippen LogP contribution in [0.5, 0.6) is 0 Å². The van der Waals surface area contributed by atoms with Crippen LogP contribution in [-0.2, 0) is 7.05 Å². The second-order valence-electron chi connectivity index (χ2n) is 5.59. The van der Waals surface area contributed by atoms with E-state index in [1.165, 1.54) is 25.7 Å². The average Bonchev–Trinajstić information content (AvgIpc) is 2.71. The number of carbonyl (C=O) groups is 1. The number of rotatable bonds is 4. The molecule has 1 amide bonds. The molecule has 106 valence electrons. The van der Waals surface area contributed by atoms with E-state index in [1.807, 2.05) is 0 Å². The topological polar surface area (TPSA) is 72.9 Å². The number of nitrogens with one attached hydrogen (secondary N) is 1. The predicted octanol–water partition coefficient (Wildman–Crippen LogP) is 2.09. The molecule has 0 unspecified atom stereocenters. The summed E-state index contributed by atoms with van der Waals surface area (Å²) < 4.78 is 1.57. The fourth-order valence-electron chi connectivity index (χ4n) is 2.94. The summed E-state index contributed by atoms with van der Waals surface area (Å²) in [7, 11) is 1.77.